The molecule has 16 heteroatoms. The Kier molecular flexibility index (Phi) is 20.4. The summed E-state index contributed by atoms with van der Waals surface area (Å²) in [6.07, 6.45) is 0. The van der Waals surface area contributed by atoms with Crippen LogP contribution in [0.2, 0.25) is 0 Å². The summed E-state index contributed by atoms with van der Waals surface area (Å²) in [5, 5.41) is 0. The summed E-state index contributed by atoms with van der Waals surface area (Å²) in [5.74, 6) is 3.25. The molecule has 2 spiro atoms. The zero-order chi connectivity index (χ0) is 60.9. The molecule has 4 aliphatic rings. The predicted molar refractivity (Wildman–Crippen MR) is 338 cm³/mol. The molecule has 0 aromatic heterocycles. The quantitative estimate of drug-likeness (QED) is 0.157. The van der Waals surface area contributed by atoms with Crippen LogP contribution in [0.1, 0.15) is 211 Å². The molecule has 4 fully saturated rings. The molecule has 12 nitrogen and oxygen atoms in total. The molecule has 456 valence electrons. The average molecular weight is 1210 g/mol. The minimum Gasteiger partial charge on any atom is -0.426 e. The van der Waals surface area contributed by atoms with Crippen molar-refractivity contribution < 1.29 is 54.3 Å². The molecular weight excluding hydrogens is 1110 g/mol. The molecule has 0 saturated carbocycles. The third-order valence-corrected chi connectivity index (χ3v) is 19.2. The Morgan fingerprint density at radius 2 is 0.415 bits per heavy atom. The monoisotopic (exact) mass is 1210 g/mol. The Bertz CT molecular complexity index is 2390. The molecule has 4 aromatic carbocycles. The van der Waals surface area contributed by atoms with Crippen molar-refractivity contribution >= 4 is 34.4 Å². The van der Waals surface area contributed by atoms with E-state index in [0.29, 0.717) is 52.9 Å². The standard InChI is InChI=1S/2C33H50O6P2/c2*1-29(2,3)23-13-15-27(25(17-23)31(7,8)9)38-40-34-19-33(20-35-40)21-36-41(37-22-33)39-28-16-14-24(30(4,5)6)18-26(28)32(10,11)12/h2*13-18H,19-22H2,1-12H3. The first kappa shape index (κ1) is 67.0. The minimum absolute atomic E-state index is 0.0579. The van der Waals surface area contributed by atoms with E-state index in [9.17, 15) is 0 Å². The lowest BCUT2D eigenvalue weighted by atomic mass is 9.80. The van der Waals surface area contributed by atoms with Gasteiger partial charge in [0.05, 0.1) is 63.7 Å². The highest BCUT2D eigenvalue weighted by molar-refractivity contribution is 7.43. The van der Waals surface area contributed by atoms with E-state index in [-0.39, 0.29) is 54.1 Å². The Balaban J connectivity index is 0.000000236. The van der Waals surface area contributed by atoms with Crippen LogP contribution >= 0.6 is 34.4 Å². The maximum absolute atomic E-state index is 6.31. The minimum atomic E-state index is -1.52. The SMILES string of the molecule is CC(C)(C)c1ccc(OP2OCC3(CO2)COP(Oc2ccc(C(C)(C)C)cc2C(C)(C)C)OC3)c(C(C)(C)C)c1.CC(C)(C)c1ccc(OP2OCC3(CO2)COP(Oc2ccc(C(C)(C)C)cc2C(C)(C)C)OC3)c(C(C)(C)C)c1. The van der Waals surface area contributed by atoms with Crippen molar-refractivity contribution in [3.63, 3.8) is 0 Å². The fourth-order valence-electron chi connectivity index (χ4n) is 9.35. The van der Waals surface area contributed by atoms with Crippen molar-refractivity contribution in [2.45, 2.75) is 209 Å². The molecule has 8 rings (SSSR count). The van der Waals surface area contributed by atoms with E-state index < -0.39 is 34.4 Å². The topological polar surface area (TPSA) is 111 Å². The van der Waals surface area contributed by atoms with E-state index in [0.717, 1.165) is 45.3 Å². The normalized spacial score (nSPS) is 24.4. The summed E-state index contributed by atoms with van der Waals surface area (Å²) in [6, 6.07) is 25.8. The van der Waals surface area contributed by atoms with Gasteiger partial charge < -0.3 is 54.3 Å². The van der Waals surface area contributed by atoms with Gasteiger partial charge in [0.1, 0.15) is 23.0 Å². The maximum atomic E-state index is 6.31. The number of hydrogen-bond donors (Lipinski definition) is 0. The lowest BCUT2D eigenvalue weighted by molar-refractivity contribution is -0.0678. The Morgan fingerprint density at radius 3 is 0.549 bits per heavy atom. The van der Waals surface area contributed by atoms with Crippen LogP contribution in [0.5, 0.6) is 23.0 Å². The van der Waals surface area contributed by atoms with Gasteiger partial charge in [-0.05, 0) is 89.8 Å². The Morgan fingerprint density at radius 1 is 0.256 bits per heavy atom. The molecule has 0 bridgehead atoms. The summed E-state index contributed by atoms with van der Waals surface area (Å²) < 4.78 is 74.3. The van der Waals surface area contributed by atoms with Gasteiger partial charge in [-0.1, -0.05) is 215 Å². The fourth-order valence-corrected chi connectivity index (χ4v) is 14.4. The first-order valence-corrected chi connectivity index (χ1v) is 33.5. The van der Waals surface area contributed by atoms with Crippen molar-refractivity contribution in [1.82, 2.24) is 0 Å². The summed E-state index contributed by atoms with van der Waals surface area (Å²) in [5.41, 5.74) is 8.88. The van der Waals surface area contributed by atoms with Crippen LogP contribution < -0.4 is 18.1 Å². The van der Waals surface area contributed by atoms with Crippen LogP contribution in [0.4, 0.5) is 0 Å². The van der Waals surface area contributed by atoms with Gasteiger partial charge in [0.15, 0.2) is 0 Å². The van der Waals surface area contributed by atoms with E-state index in [2.05, 4.69) is 239 Å². The molecule has 0 atom stereocenters. The third kappa shape index (κ3) is 17.4. The van der Waals surface area contributed by atoms with Gasteiger partial charge in [-0.25, -0.2) is 0 Å². The van der Waals surface area contributed by atoms with Crippen molar-refractivity contribution in [2.75, 3.05) is 52.9 Å². The van der Waals surface area contributed by atoms with Gasteiger partial charge in [0.25, 0.3) is 0 Å². The molecule has 0 N–H and O–H groups in total. The molecule has 4 aromatic rings. The van der Waals surface area contributed by atoms with Crippen molar-refractivity contribution in [3.8, 4) is 23.0 Å². The molecular formula is C66H100O12P4. The number of rotatable bonds is 8. The summed E-state index contributed by atoms with van der Waals surface area (Å²) in [6.45, 7) is 56.7. The first-order valence-electron chi connectivity index (χ1n) is 29.1. The van der Waals surface area contributed by atoms with Crippen LogP contribution in [-0.4, -0.2) is 52.9 Å². The second-order valence-corrected chi connectivity index (χ2v) is 35.9. The van der Waals surface area contributed by atoms with Crippen LogP contribution in [-0.2, 0) is 79.5 Å². The van der Waals surface area contributed by atoms with Gasteiger partial charge in [-0.3, -0.25) is 0 Å². The van der Waals surface area contributed by atoms with E-state index in [4.69, 9.17) is 54.3 Å². The maximum Gasteiger partial charge on any atom is 0.397 e. The molecule has 0 unspecified atom stereocenters. The largest absolute Gasteiger partial charge is 0.426 e. The highest BCUT2D eigenvalue weighted by Gasteiger charge is 2.47. The lowest BCUT2D eigenvalue weighted by Gasteiger charge is -2.41. The van der Waals surface area contributed by atoms with E-state index in [1.165, 1.54) is 22.3 Å². The van der Waals surface area contributed by atoms with Crippen molar-refractivity contribution in [2.24, 2.45) is 10.8 Å². The second-order valence-electron chi connectivity index (χ2n) is 31.3. The average Bonchev–Trinajstić information content (AvgIpc) is 3.48. The number of benzene rings is 4. The highest BCUT2D eigenvalue weighted by atomic mass is 31.2. The summed E-state index contributed by atoms with van der Waals surface area (Å²) in [4.78, 5) is 0. The van der Waals surface area contributed by atoms with E-state index >= 15 is 0 Å². The van der Waals surface area contributed by atoms with Gasteiger partial charge in [-0.15, -0.1) is 0 Å². The zero-order valence-corrected chi connectivity index (χ0v) is 57.9. The van der Waals surface area contributed by atoms with Crippen LogP contribution in [0.15, 0.2) is 72.8 Å². The zero-order valence-electron chi connectivity index (χ0n) is 54.3. The predicted octanol–water partition coefficient (Wildman–Crippen LogP) is 19.7. The second kappa shape index (κ2) is 24.9. The summed E-state index contributed by atoms with van der Waals surface area (Å²) >= 11 is 0. The van der Waals surface area contributed by atoms with Crippen LogP contribution in [0.25, 0.3) is 0 Å². The van der Waals surface area contributed by atoms with E-state index in [1.807, 2.05) is 0 Å². The fraction of sp³-hybridized carbons (Fsp3) is 0.636. The van der Waals surface area contributed by atoms with Crippen LogP contribution in [0, 0.1) is 10.8 Å². The van der Waals surface area contributed by atoms with Gasteiger partial charge in [-0.2, -0.15) is 0 Å². The molecule has 4 saturated heterocycles. The third-order valence-electron chi connectivity index (χ3n) is 15.1. The van der Waals surface area contributed by atoms with E-state index in [1.54, 1.807) is 0 Å². The lowest BCUT2D eigenvalue weighted by Crippen LogP contribution is -2.45. The van der Waals surface area contributed by atoms with Crippen molar-refractivity contribution in [3.05, 3.63) is 117 Å². The van der Waals surface area contributed by atoms with Crippen molar-refractivity contribution in [1.29, 1.82) is 0 Å². The summed E-state index contributed by atoms with van der Waals surface area (Å²) in [7, 11) is -6.07. The molecule has 82 heavy (non-hydrogen) atoms. The molecule has 0 radical (unpaired) electrons. The molecule has 0 aliphatic carbocycles. The van der Waals surface area contributed by atoms with Gasteiger partial charge in [0.2, 0.25) is 0 Å². The van der Waals surface area contributed by atoms with Gasteiger partial charge >= 0.3 is 34.4 Å². The number of hydrogen-bond acceptors (Lipinski definition) is 12. The highest BCUT2D eigenvalue weighted by Crippen LogP contribution is 2.57. The Hall–Kier alpha value is -2.52. The first-order chi connectivity index (χ1) is 37.5. The molecule has 4 heterocycles. The smallest absolute Gasteiger partial charge is 0.397 e. The molecule has 0 amide bonds. The molecule has 4 aliphatic heterocycles. The van der Waals surface area contributed by atoms with Crippen LogP contribution in [0.3, 0.4) is 0 Å². The van der Waals surface area contributed by atoms with Gasteiger partial charge in [0, 0.05) is 22.3 Å². The Labute approximate surface area is 499 Å².